The molecule has 0 heterocycles. The highest BCUT2D eigenvalue weighted by molar-refractivity contribution is 5.47. The third kappa shape index (κ3) is 2.29. The van der Waals surface area contributed by atoms with Gasteiger partial charge in [-0.25, -0.2) is 4.39 Å². The number of rotatable bonds is 2. The minimum absolute atomic E-state index is 0.120. The highest BCUT2D eigenvalue weighted by Crippen LogP contribution is 2.23. The molecular weight excluding hydrogens is 193 g/mol. The second-order valence-electron chi connectivity index (χ2n) is 4.21. The van der Waals surface area contributed by atoms with Gasteiger partial charge in [-0.3, -0.25) is 0 Å². The van der Waals surface area contributed by atoms with Gasteiger partial charge in [0.2, 0.25) is 0 Å². The van der Waals surface area contributed by atoms with Gasteiger partial charge in [0, 0.05) is 5.69 Å². The van der Waals surface area contributed by atoms with Crippen molar-refractivity contribution in [3.8, 4) is 0 Å². The summed E-state index contributed by atoms with van der Waals surface area (Å²) in [5.41, 5.74) is 1.52. The van der Waals surface area contributed by atoms with Crippen LogP contribution in [0, 0.1) is 12.7 Å². The SMILES string of the molecule is Cc1cc(N[C@@H]2CCC[C@H]2O)ccc1F. The highest BCUT2D eigenvalue weighted by atomic mass is 19.1. The number of nitrogens with one attached hydrogen (secondary N) is 1. The fourth-order valence-corrected chi connectivity index (χ4v) is 2.06. The number of anilines is 1. The monoisotopic (exact) mass is 209 g/mol. The lowest BCUT2D eigenvalue weighted by Gasteiger charge is -2.18. The van der Waals surface area contributed by atoms with Crippen molar-refractivity contribution in [1.82, 2.24) is 0 Å². The van der Waals surface area contributed by atoms with Gasteiger partial charge in [-0.15, -0.1) is 0 Å². The average molecular weight is 209 g/mol. The van der Waals surface area contributed by atoms with Gasteiger partial charge in [-0.05, 0) is 49.9 Å². The van der Waals surface area contributed by atoms with Gasteiger partial charge >= 0.3 is 0 Å². The molecule has 0 aliphatic heterocycles. The molecule has 2 atom stereocenters. The smallest absolute Gasteiger partial charge is 0.126 e. The number of halogens is 1. The summed E-state index contributed by atoms with van der Waals surface area (Å²) in [6.07, 6.45) is 2.63. The summed E-state index contributed by atoms with van der Waals surface area (Å²) in [6, 6.07) is 5.07. The van der Waals surface area contributed by atoms with Crippen molar-refractivity contribution >= 4 is 5.69 Å². The van der Waals surface area contributed by atoms with E-state index >= 15 is 0 Å². The Hall–Kier alpha value is -1.09. The molecule has 3 heteroatoms. The minimum Gasteiger partial charge on any atom is -0.391 e. The first kappa shape index (κ1) is 10.4. The van der Waals surface area contributed by atoms with Crippen LogP contribution in [0.5, 0.6) is 0 Å². The molecule has 1 aromatic rings. The van der Waals surface area contributed by atoms with E-state index in [1.165, 1.54) is 6.07 Å². The normalized spacial score (nSPS) is 25.5. The summed E-state index contributed by atoms with van der Waals surface area (Å²) in [7, 11) is 0. The maximum Gasteiger partial charge on any atom is 0.126 e. The Morgan fingerprint density at radius 3 is 2.80 bits per heavy atom. The molecule has 0 bridgehead atoms. The predicted octanol–water partition coefficient (Wildman–Crippen LogP) is 2.46. The van der Waals surface area contributed by atoms with Crippen LogP contribution in [0.15, 0.2) is 18.2 Å². The van der Waals surface area contributed by atoms with Crippen molar-refractivity contribution < 1.29 is 9.50 Å². The van der Waals surface area contributed by atoms with Crippen LogP contribution >= 0.6 is 0 Å². The maximum atomic E-state index is 13.0. The van der Waals surface area contributed by atoms with Gasteiger partial charge in [0.1, 0.15) is 5.82 Å². The molecule has 0 amide bonds. The van der Waals surface area contributed by atoms with E-state index < -0.39 is 0 Å². The molecular formula is C12H16FNO. The van der Waals surface area contributed by atoms with Gasteiger partial charge in [0.05, 0.1) is 12.1 Å². The third-order valence-corrected chi connectivity index (χ3v) is 2.99. The van der Waals surface area contributed by atoms with E-state index in [2.05, 4.69) is 5.32 Å². The largest absolute Gasteiger partial charge is 0.391 e. The fraction of sp³-hybridized carbons (Fsp3) is 0.500. The van der Waals surface area contributed by atoms with Crippen molar-refractivity contribution in [2.75, 3.05) is 5.32 Å². The third-order valence-electron chi connectivity index (χ3n) is 2.99. The van der Waals surface area contributed by atoms with Crippen LogP contribution in [0.1, 0.15) is 24.8 Å². The van der Waals surface area contributed by atoms with Crippen molar-refractivity contribution in [2.45, 2.75) is 38.3 Å². The Bertz CT molecular complexity index is 353. The summed E-state index contributed by atoms with van der Waals surface area (Å²) in [6.45, 7) is 1.74. The molecule has 0 spiro atoms. The van der Waals surface area contributed by atoms with E-state index in [4.69, 9.17) is 0 Å². The molecule has 0 radical (unpaired) electrons. The van der Waals surface area contributed by atoms with E-state index in [0.29, 0.717) is 5.56 Å². The van der Waals surface area contributed by atoms with Crippen LogP contribution in [0.2, 0.25) is 0 Å². The summed E-state index contributed by atoms with van der Waals surface area (Å²) in [4.78, 5) is 0. The van der Waals surface area contributed by atoms with Crippen LogP contribution in [0.3, 0.4) is 0 Å². The first-order valence-corrected chi connectivity index (χ1v) is 5.37. The lowest BCUT2D eigenvalue weighted by Crippen LogP contribution is -2.27. The summed E-state index contributed by atoms with van der Waals surface area (Å²) >= 11 is 0. The van der Waals surface area contributed by atoms with Gasteiger partial charge < -0.3 is 10.4 Å². The van der Waals surface area contributed by atoms with Crippen LogP contribution < -0.4 is 5.32 Å². The lowest BCUT2D eigenvalue weighted by molar-refractivity contribution is 0.172. The van der Waals surface area contributed by atoms with Crippen LogP contribution in [0.25, 0.3) is 0 Å². The fourth-order valence-electron chi connectivity index (χ4n) is 2.06. The Labute approximate surface area is 89.1 Å². The van der Waals surface area contributed by atoms with Crippen molar-refractivity contribution in [3.05, 3.63) is 29.6 Å². The zero-order valence-electron chi connectivity index (χ0n) is 8.83. The second kappa shape index (κ2) is 4.19. The molecule has 2 N–H and O–H groups in total. The molecule has 0 unspecified atom stereocenters. The molecule has 2 rings (SSSR count). The zero-order chi connectivity index (χ0) is 10.8. The first-order chi connectivity index (χ1) is 7.16. The summed E-state index contributed by atoms with van der Waals surface area (Å²) in [5.74, 6) is -0.187. The molecule has 0 aromatic heterocycles. The van der Waals surface area contributed by atoms with Gasteiger partial charge in [-0.2, -0.15) is 0 Å². The predicted molar refractivity (Wildman–Crippen MR) is 58.4 cm³/mol. The summed E-state index contributed by atoms with van der Waals surface area (Å²) in [5, 5.41) is 12.9. The van der Waals surface area contributed by atoms with Crippen molar-refractivity contribution in [2.24, 2.45) is 0 Å². The quantitative estimate of drug-likeness (QED) is 0.784. The van der Waals surface area contributed by atoms with Gasteiger partial charge in [-0.1, -0.05) is 0 Å². The minimum atomic E-state index is -0.268. The zero-order valence-corrected chi connectivity index (χ0v) is 8.83. The Kier molecular flexibility index (Phi) is 2.91. The van der Waals surface area contributed by atoms with Gasteiger partial charge in [0.25, 0.3) is 0 Å². The van der Waals surface area contributed by atoms with Crippen molar-refractivity contribution in [3.63, 3.8) is 0 Å². The average Bonchev–Trinajstić information content (AvgIpc) is 2.59. The maximum absolute atomic E-state index is 13.0. The number of hydrogen-bond acceptors (Lipinski definition) is 2. The number of hydrogen-bond donors (Lipinski definition) is 2. The van der Waals surface area contributed by atoms with E-state index in [-0.39, 0.29) is 18.0 Å². The molecule has 82 valence electrons. The van der Waals surface area contributed by atoms with Crippen LogP contribution in [-0.4, -0.2) is 17.3 Å². The van der Waals surface area contributed by atoms with E-state index in [0.717, 1.165) is 24.9 Å². The molecule has 1 aromatic carbocycles. The molecule has 15 heavy (non-hydrogen) atoms. The Morgan fingerprint density at radius 1 is 1.40 bits per heavy atom. The standard InChI is InChI=1S/C12H16FNO/c1-8-7-9(5-6-10(8)13)14-11-3-2-4-12(11)15/h5-7,11-12,14-15H,2-4H2,1H3/t11-,12-/m1/s1. The van der Waals surface area contributed by atoms with E-state index in [1.54, 1.807) is 19.1 Å². The Morgan fingerprint density at radius 2 is 2.20 bits per heavy atom. The molecule has 1 aliphatic carbocycles. The van der Waals surface area contributed by atoms with E-state index in [9.17, 15) is 9.50 Å². The topological polar surface area (TPSA) is 32.3 Å². The molecule has 0 saturated heterocycles. The number of aryl methyl sites for hydroxylation is 1. The van der Waals surface area contributed by atoms with E-state index in [1.807, 2.05) is 0 Å². The molecule has 1 saturated carbocycles. The highest BCUT2D eigenvalue weighted by Gasteiger charge is 2.24. The first-order valence-electron chi connectivity index (χ1n) is 5.37. The lowest BCUT2D eigenvalue weighted by atomic mass is 10.1. The molecule has 1 aliphatic rings. The second-order valence-corrected chi connectivity index (χ2v) is 4.21. The summed E-state index contributed by atoms with van der Waals surface area (Å²) < 4.78 is 13.0. The van der Waals surface area contributed by atoms with Crippen LogP contribution in [-0.2, 0) is 0 Å². The molecule has 2 nitrogen and oxygen atoms in total. The molecule has 1 fully saturated rings. The number of aliphatic hydroxyl groups is 1. The van der Waals surface area contributed by atoms with Crippen LogP contribution in [0.4, 0.5) is 10.1 Å². The van der Waals surface area contributed by atoms with Gasteiger partial charge in [0.15, 0.2) is 0 Å². The number of aliphatic hydroxyl groups excluding tert-OH is 1. The number of benzene rings is 1. The van der Waals surface area contributed by atoms with Crippen molar-refractivity contribution in [1.29, 1.82) is 0 Å². The Balaban J connectivity index is 2.07.